The first kappa shape index (κ1) is 14.8. The molecule has 1 N–H and O–H groups in total. The summed E-state index contributed by atoms with van der Waals surface area (Å²) in [7, 11) is 0. The fraction of sp³-hybridized carbons (Fsp3) is 0.353. The van der Waals surface area contributed by atoms with E-state index in [1.807, 2.05) is 12.1 Å². The van der Waals surface area contributed by atoms with Crippen LogP contribution in [-0.4, -0.2) is 43.7 Å². The Balaban J connectivity index is 1.50. The van der Waals surface area contributed by atoms with Crippen molar-refractivity contribution in [1.29, 1.82) is 0 Å². The third kappa shape index (κ3) is 3.96. The molecule has 0 aliphatic carbocycles. The molecule has 1 fully saturated rings. The van der Waals surface area contributed by atoms with Gasteiger partial charge in [-0.1, -0.05) is 12.1 Å². The van der Waals surface area contributed by atoms with Gasteiger partial charge in [0.05, 0.1) is 19.5 Å². The van der Waals surface area contributed by atoms with Crippen molar-refractivity contribution in [2.45, 2.75) is 6.42 Å². The summed E-state index contributed by atoms with van der Waals surface area (Å²) >= 11 is 0. The maximum absolute atomic E-state index is 11.9. The van der Waals surface area contributed by atoms with E-state index >= 15 is 0 Å². The molecule has 116 valence electrons. The third-order valence-corrected chi connectivity index (χ3v) is 3.78. The fourth-order valence-corrected chi connectivity index (χ4v) is 2.47. The Morgan fingerprint density at radius 2 is 1.91 bits per heavy atom. The highest BCUT2D eigenvalue weighted by molar-refractivity contribution is 6.02. The molecule has 22 heavy (non-hydrogen) atoms. The Bertz CT molecular complexity index is 587. The van der Waals surface area contributed by atoms with Crippen molar-refractivity contribution in [1.82, 2.24) is 4.90 Å². The van der Waals surface area contributed by atoms with Gasteiger partial charge in [0.25, 0.3) is 5.91 Å². The van der Waals surface area contributed by atoms with Crippen LogP contribution in [0.2, 0.25) is 0 Å². The SMILES string of the molecule is O=C(Nc1ccc(CCN2CCOCC2)cc1)c1ccco1. The topological polar surface area (TPSA) is 54.7 Å². The van der Waals surface area contributed by atoms with Crippen LogP contribution in [0, 0.1) is 0 Å². The van der Waals surface area contributed by atoms with Crippen molar-refractivity contribution >= 4 is 11.6 Å². The van der Waals surface area contributed by atoms with Crippen LogP contribution in [0.1, 0.15) is 16.1 Å². The van der Waals surface area contributed by atoms with Gasteiger partial charge >= 0.3 is 0 Å². The molecule has 5 heteroatoms. The number of rotatable bonds is 5. The van der Waals surface area contributed by atoms with Gasteiger partial charge in [-0.15, -0.1) is 0 Å². The minimum absolute atomic E-state index is 0.230. The molecule has 2 aromatic rings. The van der Waals surface area contributed by atoms with Gasteiger partial charge in [-0.05, 0) is 36.2 Å². The molecule has 3 rings (SSSR count). The molecule has 2 heterocycles. The molecular formula is C17H20N2O3. The van der Waals surface area contributed by atoms with Gasteiger partial charge in [0, 0.05) is 25.3 Å². The minimum Gasteiger partial charge on any atom is -0.459 e. The minimum atomic E-state index is -0.230. The average molecular weight is 300 g/mol. The summed E-state index contributed by atoms with van der Waals surface area (Å²) in [6, 6.07) is 11.3. The zero-order valence-corrected chi connectivity index (χ0v) is 12.5. The highest BCUT2D eigenvalue weighted by Gasteiger charge is 2.10. The van der Waals surface area contributed by atoms with Crippen LogP contribution >= 0.6 is 0 Å². The van der Waals surface area contributed by atoms with Crippen LogP contribution in [0.25, 0.3) is 0 Å². The maximum atomic E-state index is 11.9. The van der Waals surface area contributed by atoms with Crippen LogP contribution in [0.3, 0.4) is 0 Å². The monoisotopic (exact) mass is 300 g/mol. The van der Waals surface area contributed by atoms with Crippen molar-refractivity contribution in [2.75, 3.05) is 38.2 Å². The highest BCUT2D eigenvalue weighted by Crippen LogP contribution is 2.12. The standard InChI is InChI=1S/C17H20N2O3/c20-17(16-2-1-11-22-16)18-15-5-3-14(4-6-15)7-8-19-9-12-21-13-10-19/h1-6,11H,7-10,12-13H2,(H,18,20). The van der Waals surface area contributed by atoms with Crippen LogP contribution in [-0.2, 0) is 11.2 Å². The summed E-state index contributed by atoms with van der Waals surface area (Å²) in [5, 5.41) is 2.82. The van der Waals surface area contributed by atoms with Crippen LogP contribution in [0.15, 0.2) is 47.1 Å². The normalized spacial score (nSPS) is 15.6. The van der Waals surface area contributed by atoms with Gasteiger partial charge in [-0.2, -0.15) is 0 Å². The molecule has 1 aromatic heterocycles. The molecule has 0 spiro atoms. The molecule has 1 saturated heterocycles. The number of hydrogen-bond acceptors (Lipinski definition) is 4. The van der Waals surface area contributed by atoms with Crippen molar-refractivity contribution in [3.8, 4) is 0 Å². The van der Waals surface area contributed by atoms with E-state index in [9.17, 15) is 4.79 Å². The largest absolute Gasteiger partial charge is 0.459 e. The van der Waals surface area contributed by atoms with E-state index in [1.165, 1.54) is 11.8 Å². The number of ether oxygens (including phenoxy) is 1. The lowest BCUT2D eigenvalue weighted by Gasteiger charge is -2.26. The van der Waals surface area contributed by atoms with E-state index in [-0.39, 0.29) is 5.91 Å². The number of nitrogens with zero attached hydrogens (tertiary/aromatic N) is 1. The van der Waals surface area contributed by atoms with E-state index in [0.717, 1.165) is 45.0 Å². The number of carbonyl (C=O) groups is 1. The molecular weight excluding hydrogens is 280 g/mol. The van der Waals surface area contributed by atoms with Gasteiger partial charge in [0.15, 0.2) is 5.76 Å². The fourth-order valence-electron chi connectivity index (χ4n) is 2.47. The lowest BCUT2D eigenvalue weighted by atomic mass is 10.1. The Hall–Kier alpha value is -2.11. The molecule has 0 radical (unpaired) electrons. The number of benzene rings is 1. The number of morpholine rings is 1. The van der Waals surface area contributed by atoms with E-state index in [4.69, 9.17) is 9.15 Å². The van der Waals surface area contributed by atoms with Gasteiger partial charge in [-0.3, -0.25) is 9.69 Å². The first-order valence-electron chi connectivity index (χ1n) is 7.55. The average Bonchev–Trinajstić information content (AvgIpc) is 3.10. The second-order valence-electron chi connectivity index (χ2n) is 5.33. The number of anilines is 1. The second-order valence-corrected chi connectivity index (χ2v) is 5.33. The summed E-state index contributed by atoms with van der Waals surface area (Å²) in [6.45, 7) is 4.73. The second kappa shape index (κ2) is 7.24. The Labute approximate surface area is 129 Å². The lowest BCUT2D eigenvalue weighted by molar-refractivity contribution is 0.0384. The smallest absolute Gasteiger partial charge is 0.291 e. The third-order valence-electron chi connectivity index (χ3n) is 3.78. The van der Waals surface area contributed by atoms with Gasteiger partial charge in [0.1, 0.15) is 0 Å². The first-order valence-corrected chi connectivity index (χ1v) is 7.55. The number of furan rings is 1. The van der Waals surface area contributed by atoms with E-state index < -0.39 is 0 Å². The van der Waals surface area contributed by atoms with Crippen molar-refractivity contribution in [2.24, 2.45) is 0 Å². The van der Waals surface area contributed by atoms with Gasteiger partial charge < -0.3 is 14.5 Å². The molecule has 0 saturated carbocycles. The number of carbonyl (C=O) groups excluding carboxylic acids is 1. The predicted octanol–water partition coefficient (Wildman–Crippen LogP) is 2.41. The highest BCUT2D eigenvalue weighted by atomic mass is 16.5. The van der Waals surface area contributed by atoms with E-state index in [0.29, 0.717) is 5.76 Å². The Morgan fingerprint density at radius 3 is 2.59 bits per heavy atom. The Kier molecular flexibility index (Phi) is 4.88. The summed E-state index contributed by atoms with van der Waals surface area (Å²) in [6.07, 6.45) is 2.50. The van der Waals surface area contributed by atoms with E-state index in [2.05, 4.69) is 22.3 Å². The molecule has 0 atom stereocenters. The molecule has 5 nitrogen and oxygen atoms in total. The maximum Gasteiger partial charge on any atom is 0.291 e. The molecule has 1 aliphatic heterocycles. The summed E-state index contributed by atoms with van der Waals surface area (Å²) in [4.78, 5) is 14.3. The molecule has 1 aromatic carbocycles. The summed E-state index contributed by atoms with van der Waals surface area (Å²) in [5.74, 6) is 0.0856. The lowest BCUT2D eigenvalue weighted by Crippen LogP contribution is -2.37. The Morgan fingerprint density at radius 1 is 1.14 bits per heavy atom. The molecule has 0 unspecified atom stereocenters. The molecule has 1 aliphatic rings. The zero-order valence-electron chi connectivity index (χ0n) is 12.5. The van der Waals surface area contributed by atoms with E-state index in [1.54, 1.807) is 12.1 Å². The number of nitrogens with one attached hydrogen (secondary N) is 1. The first-order chi connectivity index (χ1) is 10.8. The van der Waals surface area contributed by atoms with Crippen LogP contribution < -0.4 is 5.32 Å². The van der Waals surface area contributed by atoms with Crippen molar-refractivity contribution in [3.05, 3.63) is 54.0 Å². The van der Waals surface area contributed by atoms with Gasteiger partial charge in [-0.25, -0.2) is 0 Å². The van der Waals surface area contributed by atoms with Crippen LogP contribution in [0.5, 0.6) is 0 Å². The van der Waals surface area contributed by atoms with Crippen molar-refractivity contribution in [3.63, 3.8) is 0 Å². The zero-order chi connectivity index (χ0) is 15.2. The number of hydrogen-bond donors (Lipinski definition) is 1. The van der Waals surface area contributed by atoms with Gasteiger partial charge in [0.2, 0.25) is 0 Å². The number of amides is 1. The quantitative estimate of drug-likeness (QED) is 0.921. The summed E-state index contributed by atoms with van der Waals surface area (Å²) in [5.41, 5.74) is 2.04. The molecule has 0 bridgehead atoms. The summed E-state index contributed by atoms with van der Waals surface area (Å²) < 4.78 is 10.4. The molecule has 1 amide bonds. The van der Waals surface area contributed by atoms with Crippen molar-refractivity contribution < 1.29 is 13.9 Å². The predicted molar refractivity (Wildman–Crippen MR) is 84.1 cm³/mol. The van der Waals surface area contributed by atoms with Crippen LogP contribution in [0.4, 0.5) is 5.69 Å².